The van der Waals surface area contributed by atoms with E-state index in [1.54, 1.807) is 41.3 Å². The molecule has 1 N–H and O–H groups in total. The first-order valence-electron chi connectivity index (χ1n) is 9.51. The van der Waals surface area contributed by atoms with E-state index in [4.69, 9.17) is 21.1 Å². The first-order valence-corrected chi connectivity index (χ1v) is 9.89. The summed E-state index contributed by atoms with van der Waals surface area (Å²) in [6.07, 6.45) is 6.84. The third kappa shape index (κ3) is 4.87. The highest BCUT2D eigenvalue weighted by molar-refractivity contribution is 6.33. The maximum atomic E-state index is 12.9. The van der Waals surface area contributed by atoms with Gasteiger partial charge < -0.3 is 19.4 Å². The number of carbonyl (C=O) groups excluding carboxylic acids is 1. The van der Waals surface area contributed by atoms with Crippen molar-refractivity contribution in [2.24, 2.45) is 0 Å². The molecule has 0 atom stereocenters. The fourth-order valence-electron chi connectivity index (χ4n) is 3.05. The van der Waals surface area contributed by atoms with E-state index in [-0.39, 0.29) is 5.91 Å². The third-order valence-corrected chi connectivity index (χ3v) is 4.85. The van der Waals surface area contributed by atoms with Crippen molar-refractivity contribution in [1.82, 2.24) is 19.3 Å². The van der Waals surface area contributed by atoms with E-state index in [0.717, 1.165) is 5.69 Å². The number of methoxy groups -OCH3 is 1. The molecule has 0 bridgehead atoms. The fourth-order valence-corrected chi connectivity index (χ4v) is 3.31. The van der Waals surface area contributed by atoms with Crippen LogP contribution in [0, 0.1) is 0 Å². The molecule has 9 heteroatoms. The molecular weight excluding hydrogens is 418 g/mol. The molecule has 158 valence electrons. The Bertz CT molecular complexity index is 1160. The number of benzene rings is 2. The lowest BCUT2D eigenvalue weighted by Gasteiger charge is -2.14. The predicted molar refractivity (Wildman–Crippen MR) is 117 cm³/mol. The molecule has 0 saturated heterocycles. The third-order valence-electron chi connectivity index (χ3n) is 4.54. The van der Waals surface area contributed by atoms with Crippen LogP contribution in [0.5, 0.6) is 11.5 Å². The summed E-state index contributed by atoms with van der Waals surface area (Å²) in [6.45, 7) is 0.991. The van der Waals surface area contributed by atoms with Crippen molar-refractivity contribution in [1.29, 1.82) is 0 Å². The van der Waals surface area contributed by atoms with Gasteiger partial charge in [-0.1, -0.05) is 17.7 Å². The Labute approximate surface area is 184 Å². The smallest absolute Gasteiger partial charge is 0.259 e. The lowest BCUT2D eigenvalue weighted by molar-refractivity contribution is 0.102. The second kappa shape index (κ2) is 9.36. The normalized spacial score (nSPS) is 10.6. The molecule has 1 amide bonds. The van der Waals surface area contributed by atoms with E-state index >= 15 is 0 Å². The van der Waals surface area contributed by atoms with Crippen LogP contribution in [0.25, 0.3) is 5.69 Å². The molecule has 0 radical (unpaired) electrons. The van der Waals surface area contributed by atoms with Crippen molar-refractivity contribution >= 4 is 23.2 Å². The number of carbonyl (C=O) groups is 1. The molecule has 2 heterocycles. The number of nitrogens with zero attached hydrogens (tertiary/aromatic N) is 4. The standard InChI is InChI=1S/C22H20ClN5O3/c1-30-21-13-20(27-7-2-3-8-27)19(23)12-18(21)22(29)26-16-5-4-6-17(11-16)31-10-9-28-15-24-14-25-28/h2-8,11-15H,9-10H2,1H3,(H,26,29). The fraction of sp³-hybridized carbons (Fsp3) is 0.136. The van der Waals surface area contributed by atoms with Crippen LogP contribution < -0.4 is 14.8 Å². The number of nitrogens with one attached hydrogen (secondary N) is 1. The molecule has 2 aromatic heterocycles. The zero-order valence-electron chi connectivity index (χ0n) is 16.7. The van der Waals surface area contributed by atoms with Crippen LogP contribution in [-0.2, 0) is 6.54 Å². The molecule has 0 saturated carbocycles. The minimum absolute atomic E-state index is 0.334. The van der Waals surface area contributed by atoms with Crippen molar-refractivity contribution in [3.8, 4) is 17.2 Å². The number of hydrogen-bond donors (Lipinski definition) is 1. The monoisotopic (exact) mass is 437 g/mol. The zero-order chi connectivity index (χ0) is 21.6. The van der Waals surface area contributed by atoms with Gasteiger partial charge in [-0.25, -0.2) is 9.67 Å². The number of amides is 1. The molecular formula is C22H20ClN5O3. The summed E-state index contributed by atoms with van der Waals surface area (Å²) in [6, 6.07) is 14.3. The Morgan fingerprint density at radius 1 is 1.16 bits per heavy atom. The van der Waals surface area contributed by atoms with Crippen LogP contribution in [0.2, 0.25) is 5.02 Å². The molecule has 4 rings (SSSR count). The molecule has 4 aromatic rings. The Morgan fingerprint density at radius 2 is 2.00 bits per heavy atom. The second-order valence-corrected chi connectivity index (χ2v) is 6.99. The first-order chi connectivity index (χ1) is 15.1. The van der Waals surface area contributed by atoms with Crippen LogP contribution in [0.1, 0.15) is 10.4 Å². The minimum Gasteiger partial charge on any atom is -0.496 e. The maximum Gasteiger partial charge on any atom is 0.259 e. The molecule has 0 fully saturated rings. The van der Waals surface area contributed by atoms with Crippen LogP contribution >= 0.6 is 11.6 Å². The molecule has 0 spiro atoms. The molecule has 0 aliphatic carbocycles. The molecule has 8 nitrogen and oxygen atoms in total. The second-order valence-electron chi connectivity index (χ2n) is 6.58. The number of anilines is 1. The van der Waals surface area contributed by atoms with E-state index in [2.05, 4.69) is 15.4 Å². The zero-order valence-corrected chi connectivity index (χ0v) is 17.5. The highest BCUT2D eigenvalue weighted by Crippen LogP contribution is 2.30. The number of hydrogen-bond acceptors (Lipinski definition) is 5. The average molecular weight is 438 g/mol. The van der Waals surface area contributed by atoms with Crippen LogP contribution in [0.4, 0.5) is 5.69 Å². The summed E-state index contributed by atoms with van der Waals surface area (Å²) in [5.74, 6) is 0.717. The van der Waals surface area contributed by atoms with E-state index in [1.807, 2.05) is 35.2 Å². The average Bonchev–Trinajstić information content (AvgIpc) is 3.48. The van der Waals surface area contributed by atoms with Crippen LogP contribution in [-0.4, -0.2) is 39.0 Å². The van der Waals surface area contributed by atoms with Crippen molar-refractivity contribution in [3.05, 3.63) is 84.2 Å². The quantitative estimate of drug-likeness (QED) is 0.449. The summed E-state index contributed by atoms with van der Waals surface area (Å²) in [7, 11) is 1.52. The van der Waals surface area contributed by atoms with Crippen molar-refractivity contribution < 1.29 is 14.3 Å². The van der Waals surface area contributed by atoms with Crippen molar-refractivity contribution in [2.45, 2.75) is 6.54 Å². The Kier molecular flexibility index (Phi) is 6.18. The van der Waals surface area contributed by atoms with Gasteiger partial charge >= 0.3 is 0 Å². The number of aromatic nitrogens is 4. The minimum atomic E-state index is -0.336. The largest absolute Gasteiger partial charge is 0.496 e. The summed E-state index contributed by atoms with van der Waals surface area (Å²) in [5.41, 5.74) is 1.65. The Hall–Kier alpha value is -3.78. The lowest BCUT2D eigenvalue weighted by atomic mass is 10.1. The lowest BCUT2D eigenvalue weighted by Crippen LogP contribution is -2.14. The summed E-state index contributed by atoms with van der Waals surface area (Å²) in [5, 5.41) is 7.33. The van der Waals surface area contributed by atoms with Gasteiger partial charge in [-0.3, -0.25) is 4.79 Å². The molecule has 2 aromatic carbocycles. The SMILES string of the molecule is COc1cc(-n2cccc2)c(Cl)cc1C(=O)Nc1cccc(OCCn2cncn2)c1. The summed E-state index contributed by atoms with van der Waals surface area (Å²) >= 11 is 6.43. The van der Waals surface area contributed by atoms with Gasteiger partial charge in [0.1, 0.15) is 30.8 Å². The van der Waals surface area contributed by atoms with E-state index in [0.29, 0.717) is 40.9 Å². The van der Waals surface area contributed by atoms with Gasteiger partial charge in [0.05, 0.1) is 29.9 Å². The highest BCUT2D eigenvalue weighted by atomic mass is 35.5. The van der Waals surface area contributed by atoms with E-state index in [9.17, 15) is 4.79 Å². The van der Waals surface area contributed by atoms with Crippen molar-refractivity contribution in [2.75, 3.05) is 19.0 Å². The van der Waals surface area contributed by atoms with Gasteiger partial charge in [0.25, 0.3) is 5.91 Å². The molecule has 31 heavy (non-hydrogen) atoms. The highest BCUT2D eigenvalue weighted by Gasteiger charge is 2.17. The molecule has 0 aliphatic heterocycles. The predicted octanol–water partition coefficient (Wildman–Crippen LogP) is 4.06. The van der Waals surface area contributed by atoms with Crippen LogP contribution in [0.3, 0.4) is 0 Å². The summed E-state index contributed by atoms with van der Waals surface area (Å²) < 4.78 is 14.7. The molecule has 0 aliphatic rings. The van der Waals surface area contributed by atoms with Gasteiger partial charge in [-0.2, -0.15) is 5.10 Å². The maximum absolute atomic E-state index is 12.9. The summed E-state index contributed by atoms with van der Waals surface area (Å²) in [4.78, 5) is 16.8. The first kappa shape index (κ1) is 20.5. The van der Waals surface area contributed by atoms with E-state index < -0.39 is 0 Å². The Morgan fingerprint density at radius 3 is 2.74 bits per heavy atom. The van der Waals surface area contributed by atoms with Gasteiger partial charge in [0, 0.05) is 30.2 Å². The van der Waals surface area contributed by atoms with Gasteiger partial charge in [0.15, 0.2) is 0 Å². The number of rotatable bonds is 8. The van der Waals surface area contributed by atoms with Gasteiger partial charge in [-0.15, -0.1) is 0 Å². The molecule has 0 unspecified atom stereocenters. The van der Waals surface area contributed by atoms with Crippen molar-refractivity contribution in [3.63, 3.8) is 0 Å². The van der Waals surface area contributed by atoms with Crippen LogP contribution in [0.15, 0.2) is 73.6 Å². The Balaban J connectivity index is 1.47. The van der Waals surface area contributed by atoms with E-state index in [1.165, 1.54) is 13.4 Å². The number of ether oxygens (including phenoxy) is 2. The van der Waals surface area contributed by atoms with Gasteiger partial charge in [0.2, 0.25) is 0 Å². The van der Waals surface area contributed by atoms with Gasteiger partial charge in [-0.05, 0) is 30.3 Å². The topological polar surface area (TPSA) is 83.2 Å². The number of halogens is 1.